The van der Waals surface area contributed by atoms with Gasteiger partial charge >= 0.3 is 6.03 Å². The van der Waals surface area contributed by atoms with Crippen LogP contribution in [0.25, 0.3) is 5.69 Å². The highest BCUT2D eigenvalue weighted by atomic mass is 16.2. The summed E-state index contributed by atoms with van der Waals surface area (Å²) in [5.41, 5.74) is 3.44. The minimum absolute atomic E-state index is 0.0958. The first-order valence-electron chi connectivity index (χ1n) is 9.41. The van der Waals surface area contributed by atoms with Gasteiger partial charge in [0.25, 0.3) is 0 Å². The monoisotopic (exact) mass is 360 g/mol. The van der Waals surface area contributed by atoms with Crippen molar-refractivity contribution in [3.05, 3.63) is 84.2 Å². The molecule has 0 spiro atoms. The van der Waals surface area contributed by atoms with E-state index in [0.29, 0.717) is 13.1 Å². The number of urea groups is 1. The maximum atomic E-state index is 12.3. The predicted molar refractivity (Wildman–Crippen MR) is 106 cm³/mol. The average Bonchev–Trinajstić information content (AvgIpc) is 3.21. The van der Waals surface area contributed by atoms with Crippen molar-refractivity contribution < 1.29 is 4.79 Å². The zero-order valence-corrected chi connectivity index (χ0v) is 15.3. The van der Waals surface area contributed by atoms with Crippen LogP contribution >= 0.6 is 0 Å². The number of hydrogen-bond donors (Lipinski definition) is 2. The summed E-state index contributed by atoms with van der Waals surface area (Å²) in [7, 11) is 0. The van der Waals surface area contributed by atoms with Crippen molar-refractivity contribution >= 4 is 6.03 Å². The second-order valence-electron chi connectivity index (χ2n) is 7.16. The van der Waals surface area contributed by atoms with Gasteiger partial charge in [0.15, 0.2) is 0 Å². The normalized spacial score (nSPS) is 15.0. The van der Waals surface area contributed by atoms with Gasteiger partial charge in [0.05, 0.1) is 5.69 Å². The largest absolute Gasteiger partial charge is 0.337 e. The first kappa shape index (κ1) is 17.3. The third-order valence-electron chi connectivity index (χ3n) is 5.42. The molecule has 0 aliphatic heterocycles. The lowest BCUT2D eigenvalue weighted by atomic mass is 9.64. The van der Waals surface area contributed by atoms with Gasteiger partial charge in [-0.15, -0.1) is 0 Å². The molecule has 0 radical (unpaired) electrons. The van der Waals surface area contributed by atoms with Crippen molar-refractivity contribution in [2.24, 2.45) is 0 Å². The molecule has 1 saturated carbocycles. The van der Waals surface area contributed by atoms with Crippen molar-refractivity contribution in [2.45, 2.75) is 31.2 Å². The third kappa shape index (κ3) is 3.87. The molecule has 1 aromatic heterocycles. The molecule has 1 aliphatic carbocycles. The zero-order chi connectivity index (χ0) is 18.5. The van der Waals surface area contributed by atoms with Crippen LogP contribution in [-0.4, -0.2) is 22.4 Å². The lowest BCUT2D eigenvalue weighted by Crippen LogP contribution is -2.48. The van der Waals surface area contributed by atoms with E-state index in [1.165, 1.54) is 12.0 Å². The number of rotatable bonds is 6. The summed E-state index contributed by atoms with van der Waals surface area (Å²) in [6.07, 6.45) is 7.13. The SMILES string of the molecule is O=C(NCc1cccc(-n2cccn2)c1)NCC1(c2ccccc2)CCC1. The fourth-order valence-electron chi connectivity index (χ4n) is 3.69. The van der Waals surface area contributed by atoms with Crippen LogP contribution in [0.15, 0.2) is 73.1 Å². The molecular formula is C22H24N4O. The van der Waals surface area contributed by atoms with E-state index in [1.54, 1.807) is 6.20 Å². The number of nitrogens with zero attached hydrogens (tertiary/aromatic N) is 2. The van der Waals surface area contributed by atoms with Gasteiger partial charge in [-0.3, -0.25) is 0 Å². The Balaban J connectivity index is 1.32. The average molecular weight is 360 g/mol. The minimum atomic E-state index is -0.123. The third-order valence-corrected chi connectivity index (χ3v) is 5.42. The number of benzene rings is 2. The Morgan fingerprint density at radius 2 is 1.89 bits per heavy atom. The van der Waals surface area contributed by atoms with Crippen molar-refractivity contribution in [3.63, 3.8) is 0 Å². The van der Waals surface area contributed by atoms with E-state index in [0.717, 1.165) is 24.1 Å². The standard InChI is InChI=1S/C22H24N4O/c27-21(24-17-22(11-5-12-22)19-8-2-1-3-9-19)23-16-18-7-4-10-20(15-18)26-14-6-13-25-26/h1-4,6-10,13-15H,5,11-12,16-17H2,(H2,23,24,27). The van der Waals surface area contributed by atoms with E-state index in [-0.39, 0.29) is 11.4 Å². The lowest BCUT2D eigenvalue weighted by molar-refractivity contribution is 0.214. The van der Waals surface area contributed by atoms with Gasteiger partial charge in [-0.2, -0.15) is 5.10 Å². The molecule has 0 saturated heterocycles. The van der Waals surface area contributed by atoms with Gasteiger partial charge in [-0.1, -0.05) is 48.9 Å². The molecular weight excluding hydrogens is 336 g/mol. The highest BCUT2D eigenvalue weighted by Gasteiger charge is 2.38. The van der Waals surface area contributed by atoms with Gasteiger partial charge in [0.1, 0.15) is 0 Å². The van der Waals surface area contributed by atoms with E-state index in [1.807, 2.05) is 47.3 Å². The van der Waals surface area contributed by atoms with Gasteiger partial charge in [0.2, 0.25) is 0 Å². The number of aromatic nitrogens is 2. The maximum Gasteiger partial charge on any atom is 0.315 e. The fourth-order valence-corrected chi connectivity index (χ4v) is 3.69. The summed E-state index contributed by atoms with van der Waals surface area (Å²) >= 11 is 0. The Bertz CT molecular complexity index is 886. The van der Waals surface area contributed by atoms with Crippen molar-refractivity contribution in [3.8, 4) is 5.69 Å². The summed E-state index contributed by atoms with van der Waals surface area (Å²) in [6.45, 7) is 1.16. The number of carbonyl (C=O) groups excluding carboxylic acids is 1. The van der Waals surface area contributed by atoms with E-state index in [4.69, 9.17) is 0 Å². The van der Waals surface area contributed by atoms with Crippen molar-refractivity contribution in [2.75, 3.05) is 6.54 Å². The summed E-state index contributed by atoms with van der Waals surface area (Å²) in [5, 5.41) is 10.3. The molecule has 1 aliphatic rings. The molecule has 138 valence electrons. The Labute approximate surface area is 159 Å². The van der Waals surface area contributed by atoms with Crippen molar-refractivity contribution in [1.29, 1.82) is 0 Å². The van der Waals surface area contributed by atoms with Crippen LogP contribution in [0.5, 0.6) is 0 Å². The van der Waals surface area contributed by atoms with Crippen LogP contribution in [0.2, 0.25) is 0 Å². The molecule has 2 N–H and O–H groups in total. The molecule has 0 unspecified atom stereocenters. The molecule has 5 nitrogen and oxygen atoms in total. The first-order valence-corrected chi connectivity index (χ1v) is 9.41. The quantitative estimate of drug-likeness (QED) is 0.703. The number of nitrogens with one attached hydrogen (secondary N) is 2. The molecule has 3 aromatic rings. The second kappa shape index (κ2) is 7.66. The van der Waals surface area contributed by atoms with E-state index >= 15 is 0 Å². The molecule has 1 fully saturated rings. The van der Waals surface area contributed by atoms with E-state index in [2.05, 4.69) is 40.0 Å². The van der Waals surface area contributed by atoms with Gasteiger partial charge in [-0.25, -0.2) is 9.48 Å². The summed E-state index contributed by atoms with van der Waals surface area (Å²) in [4.78, 5) is 12.3. The molecule has 0 bridgehead atoms. The number of amides is 2. The Kier molecular flexibility index (Phi) is 4.92. The van der Waals surface area contributed by atoms with Crippen LogP contribution in [0.4, 0.5) is 4.79 Å². The lowest BCUT2D eigenvalue weighted by Gasteiger charge is -2.42. The fraction of sp³-hybridized carbons (Fsp3) is 0.273. The smallest absolute Gasteiger partial charge is 0.315 e. The molecule has 2 aromatic carbocycles. The van der Waals surface area contributed by atoms with Crippen LogP contribution in [0.1, 0.15) is 30.4 Å². The number of carbonyl (C=O) groups is 1. The first-order chi connectivity index (χ1) is 13.3. The maximum absolute atomic E-state index is 12.3. The molecule has 2 amide bonds. The Morgan fingerprint density at radius 1 is 1.04 bits per heavy atom. The van der Waals surface area contributed by atoms with Crippen LogP contribution < -0.4 is 10.6 Å². The Hall–Kier alpha value is -3.08. The van der Waals surface area contributed by atoms with E-state index in [9.17, 15) is 4.79 Å². The van der Waals surface area contributed by atoms with Crippen LogP contribution in [-0.2, 0) is 12.0 Å². The molecule has 5 heteroatoms. The summed E-state index contributed by atoms with van der Waals surface area (Å²) in [5.74, 6) is 0. The van der Waals surface area contributed by atoms with E-state index < -0.39 is 0 Å². The zero-order valence-electron chi connectivity index (χ0n) is 15.3. The highest BCUT2D eigenvalue weighted by Crippen LogP contribution is 2.43. The molecule has 4 rings (SSSR count). The summed E-state index contributed by atoms with van der Waals surface area (Å²) in [6, 6.07) is 20.3. The van der Waals surface area contributed by atoms with Crippen molar-refractivity contribution in [1.82, 2.24) is 20.4 Å². The summed E-state index contributed by atoms with van der Waals surface area (Å²) < 4.78 is 1.81. The topological polar surface area (TPSA) is 59.0 Å². The number of hydrogen-bond acceptors (Lipinski definition) is 2. The van der Waals surface area contributed by atoms with Crippen LogP contribution in [0.3, 0.4) is 0 Å². The highest BCUT2D eigenvalue weighted by molar-refractivity contribution is 5.74. The molecule has 0 atom stereocenters. The minimum Gasteiger partial charge on any atom is -0.337 e. The van der Waals surface area contributed by atoms with Gasteiger partial charge in [0, 0.05) is 30.9 Å². The predicted octanol–water partition coefficient (Wildman–Crippen LogP) is 3.79. The van der Waals surface area contributed by atoms with Gasteiger partial charge in [-0.05, 0) is 42.2 Å². The second-order valence-corrected chi connectivity index (χ2v) is 7.16. The van der Waals surface area contributed by atoms with Gasteiger partial charge < -0.3 is 10.6 Å². The Morgan fingerprint density at radius 3 is 2.59 bits per heavy atom. The van der Waals surface area contributed by atoms with Crippen LogP contribution in [0, 0.1) is 0 Å². The molecule has 1 heterocycles. The molecule has 27 heavy (non-hydrogen) atoms.